The van der Waals surface area contributed by atoms with Crippen LogP contribution in [0.2, 0.25) is 0 Å². The van der Waals surface area contributed by atoms with E-state index in [-0.39, 0.29) is 106 Å². The van der Waals surface area contributed by atoms with Gasteiger partial charge in [0.2, 0.25) is 16.3 Å². The van der Waals surface area contributed by atoms with Crippen molar-refractivity contribution >= 4 is 104 Å². The van der Waals surface area contributed by atoms with Gasteiger partial charge in [-0.3, -0.25) is 52.9 Å². The van der Waals surface area contributed by atoms with Crippen molar-refractivity contribution in [2.24, 2.45) is 32.5 Å². The van der Waals surface area contributed by atoms with Gasteiger partial charge in [0.05, 0.1) is 92.7 Å². The maximum Gasteiger partial charge on any atom is 0.257 e. The average Bonchev–Trinajstić information content (AvgIpc) is 0.755. The van der Waals surface area contributed by atoms with Crippen LogP contribution >= 0.6 is 63.7 Å². The predicted octanol–water partition coefficient (Wildman–Crippen LogP) is 12.9. The molecule has 692 valence electrons. The minimum atomic E-state index is -1.20. The Morgan fingerprint density at radius 1 is 0.523 bits per heavy atom. The summed E-state index contributed by atoms with van der Waals surface area (Å²) in [7, 11) is 7.14. The highest BCUT2D eigenvalue weighted by Gasteiger charge is 2.48. The van der Waals surface area contributed by atoms with Crippen molar-refractivity contribution in [1.29, 1.82) is 0 Å². The van der Waals surface area contributed by atoms with Gasteiger partial charge < -0.3 is 83.8 Å². The van der Waals surface area contributed by atoms with Crippen LogP contribution in [0.15, 0.2) is 131 Å². The Morgan fingerprint density at radius 2 is 0.875 bits per heavy atom. The van der Waals surface area contributed by atoms with Crippen LogP contribution in [0.1, 0.15) is 196 Å². The Hall–Kier alpha value is -10.3. The van der Waals surface area contributed by atoms with Crippen LogP contribution in [-0.2, 0) is 32.7 Å². The minimum Gasteiger partial charge on any atom is -0.503 e. The number of methoxy groups -OCH3 is 5. The molecular formula is C90H104Br4F4N8O22. The Balaban J connectivity index is 0.000000241. The second kappa shape index (κ2) is 43.0. The molecule has 11 rings (SSSR count). The second-order valence-electron chi connectivity index (χ2n) is 33.3. The average molecular weight is 2050 g/mol. The Morgan fingerprint density at radius 3 is 1.25 bits per heavy atom. The molecule has 2 amide bonds. The van der Waals surface area contributed by atoms with Crippen LogP contribution in [0.5, 0.6) is 34.5 Å². The number of aromatic hydroxyl groups is 1. The number of amides is 2. The monoisotopic (exact) mass is 2040 g/mol. The summed E-state index contributed by atoms with van der Waals surface area (Å²) in [6.07, 6.45) is 7.09. The predicted molar refractivity (Wildman–Crippen MR) is 480 cm³/mol. The molecule has 5 atom stereocenters. The van der Waals surface area contributed by atoms with Crippen LogP contribution in [0.3, 0.4) is 0 Å². The number of nitrogens with zero attached hydrogens (tertiary/aromatic N) is 6. The van der Waals surface area contributed by atoms with Crippen LogP contribution < -0.4 is 50.6 Å². The third-order valence-corrected chi connectivity index (χ3v) is 25.4. The van der Waals surface area contributed by atoms with Crippen LogP contribution in [0, 0.1) is 76.5 Å². The van der Waals surface area contributed by atoms with Gasteiger partial charge in [0.15, 0.2) is 57.7 Å². The number of benzene rings is 2. The number of aliphatic hydroxyl groups is 6. The molecule has 3 aliphatic heterocycles. The number of carbonyl (C=O) groups excluding carboxylic acids is 7. The zero-order valence-corrected chi connectivity index (χ0v) is 80.4. The number of halogens is 8. The lowest BCUT2D eigenvalue weighted by Gasteiger charge is -2.36. The first-order valence-corrected chi connectivity index (χ1v) is 42.3. The van der Waals surface area contributed by atoms with E-state index in [4.69, 9.17) is 28.8 Å². The van der Waals surface area contributed by atoms with E-state index in [1.807, 2.05) is 27.7 Å². The summed E-state index contributed by atoms with van der Waals surface area (Å²) in [6, 6.07) is 5.76. The number of hydrogen-bond donors (Lipinski definition) is 9. The standard InChI is InChI=1S/C20H20F2N2O5.C19H18F2N2O5.C13H18BrNO4.C13H18BrNO2.C13H16BrNO2.C12H14BrNO4/c1-20(2)14(25)9-24-8-12(16(26)17(29-3)15(24)18(20)27)19(28)23-7-10-4-5-11(21)6-13(10)22;1-19(2)13(24)8-23-7-11(15(25)16(26)14(23)17(19)27)18(28)22-6-9-3-4-10(20)5-12(9)21;1-7-8(14)5-15-10(11(7)19-4)12(18)13(2,3)9(17)6-16;2*1-6-13(3,4)12(16)10-11(17-5)8(2)9(14)7-15-10;1-12(2)7(15)5-14-4-6(13)9(16)10(18-3)8(14)11(12)17/h4-6,8,14,25H,7,9H2,1-3H3,(H,23,28);3-5,7,13,24,26H,6,8H2,1-2H3,(H,22,28);5,9,16-17H,6H2,1-4H3;6-7,12,16H,1H2,2-5H3;6-7H,1H2,2-5H3;4,7,15H,5H2,1-3H3. The molecule has 0 fully saturated rings. The van der Waals surface area contributed by atoms with Gasteiger partial charge in [-0.05, 0) is 166 Å². The van der Waals surface area contributed by atoms with Gasteiger partial charge in [-0.15, -0.1) is 13.2 Å². The summed E-state index contributed by atoms with van der Waals surface area (Å²) in [4.78, 5) is 137. The number of pyridine rings is 6. The first kappa shape index (κ1) is 106. The number of ketones is 5. The maximum absolute atomic E-state index is 13.7. The normalized spacial score (nSPS) is 16.1. The molecule has 0 radical (unpaired) electrons. The van der Waals surface area contributed by atoms with Crippen molar-refractivity contribution in [3.8, 4) is 34.5 Å². The fourth-order valence-electron chi connectivity index (χ4n) is 12.7. The number of Topliss-reactive ketones (excluding diaryl/α,β-unsaturated/α-hetero) is 5. The fraction of sp³-hybridized carbons (Fsp3) is 0.411. The molecule has 0 saturated heterocycles. The summed E-state index contributed by atoms with van der Waals surface area (Å²) in [5, 5.41) is 74.5. The molecule has 38 heteroatoms. The number of allylic oxidation sites excluding steroid dienone is 1. The lowest BCUT2D eigenvalue weighted by molar-refractivity contribution is 0.00852. The molecule has 2 aromatic carbocycles. The molecular weight excluding hydrogens is 1940 g/mol. The second-order valence-corrected chi connectivity index (χ2v) is 36.7. The highest BCUT2D eigenvalue weighted by atomic mass is 79.9. The Bertz CT molecular complexity index is 5830. The third kappa shape index (κ3) is 22.7. The summed E-state index contributed by atoms with van der Waals surface area (Å²) >= 11 is 13.2. The maximum atomic E-state index is 13.7. The molecule has 9 heterocycles. The molecule has 6 aromatic heterocycles. The fourth-order valence-corrected chi connectivity index (χ4v) is 14.0. The van der Waals surface area contributed by atoms with E-state index in [0.717, 1.165) is 59.1 Å². The molecule has 128 heavy (non-hydrogen) atoms. The number of carbonyl (C=O) groups is 7. The molecule has 9 N–H and O–H groups in total. The number of fused-ring (bicyclic) bond motifs is 3. The Labute approximate surface area is 769 Å². The summed E-state index contributed by atoms with van der Waals surface area (Å²) in [6.45, 7) is 32.0. The van der Waals surface area contributed by atoms with Crippen molar-refractivity contribution in [3.05, 3.63) is 244 Å². The van der Waals surface area contributed by atoms with Crippen LogP contribution in [-0.4, -0.2) is 172 Å². The van der Waals surface area contributed by atoms with E-state index in [9.17, 15) is 96.1 Å². The molecule has 0 saturated carbocycles. The van der Waals surface area contributed by atoms with Crippen LogP contribution in [0.4, 0.5) is 17.6 Å². The van der Waals surface area contributed by atoms with Crippen molar-refractivity contribution in [2.75, 3.05) is 42.2 Å². The number of hydrogen-bond acceptors (Lipinski definition) is 25. The van der Waals surface area contributed by atoms with Gasteiger partial charge in [-0.1, -0.05) is 38.1 Å². The quantitative estimate of drug-likeness (QED) is 0.0183. The smallest absolute Gasteiger partial charge is 0.257 e. The number of ether oxygens (including phenoxy) is 5. The number of nitrogens with one attached hydrogen (secondary N) is 2. The number of rotatable bonds is 21. The van der Waals surface area contributed by atoms with Crippen LogP contribution in [0.25, 0.3) is 0 Å². The van der Waals surface area contributed by atoms with Gasteiger partial charge >= 0.3 is 0 Å². The summed E-state index contributed by atoms with van der Waals surface area (Å²) in [5.74, 6) is -6.46. The largest absolute Gasteiger partial charge is 0.503 e. The highest BCUT2D eigenvalue weighted by Crippen LogP contribution is 2.43. The van der Waals surface area contributed by atoms with E-state index in [1.54, 1.807) is 98.5 Å². The van der Waals surface area contributed by atoms with Crippen molar-refractivity contribution < 1.29 is 111 Å². The van der Waals surface area contributed by atoms with E-state index in [0.29, 0.717) is 45.2 Å². The SMILES string of the molecule is C=CC(C)(C)C(=O)c1ncc(Br)c(C)c1OC.C=CC(C)(C)C(O)c1ncc(Br)c(C)c1OC.CC1(C)C(=O)c2c(O)c(=O)c(C(=O)NCc3ccc(F)cc3F)cn2CC1O.COc1c(C(=O)C(C)(C)C(O)CO)ncc(Br)c1C.COc1c2n(cc(Br)c1=O)CC(O)C(C)(C)C2=O.COc1c2n(cc(C(=O)NCc3ccc(F)cc3F)c1=O)CC(O)C(C)(C)C2=O. The minimum absolute atomic E-state index is 0.00406. The topological polar surface area (TPSA) is 436 Å². The highest BCUT2D eigenvalue weighted by molar-refractivity contribution is 9.11. The summed E-state index contributed by atoms with van der Waals surface area (Å²) in [5.41, 5.74) is -4.94. The molecule has 8 aromatic rings. The van der Waals surface area contributed by atoms with Gasteiger partial charge in [0.25, 0.3) is 11.8 Å². The molecule has 30 nitrogen and oxygen atoms in total. The number of aromatic nitrogens is 6. The van der Waals surface area contributed by atoms with Gasteiger partial charge in [-0.25, -0.2) is 27.5 Å². The van der Waals surface area contributed by atoms with Gasteiger partial charge in [-0.2, -0.15) is 0 Å². The zero-order valence-electron chi connectivity index (χ0n) is 74.1. The first-order valence-electron chi connectivity index (χ1n) is 39.2. The molecule has 5 unspecified atom stereocenters. The summed E-state index contributed by atoms with van der Waals surface area (Å²) < 4.78 is 86.1. The first-order chi connectivity index (χ1) is 59.4. The number of aliphatic hydroxyl groups excluding tert-OH is 6. The third-order valence-electron chi connectivity index (χ3n) is 22.4. The lowest BCUT2D eigenvalue weighted by Crippen LogP contribution is -2.47. The van der Waals surface area contributed by atoms with Gasteiger partial charge in [0.1, 0.15) is 80.4 Å². The molecule has 0 aliphatic carbocycles. The van der Waals surface area contributed by atoms with E-state index < -0.39 is 138 Å². The lowest BCUT2D eigenvalue weighted by atomic mass is 9.77. The molecule has 3 aliphatic rings. The Kier molecular flexibility index (Phi) is 35.7. The van der Waals surface area contributed by atoms with Crippen molar-refractivity contribution in [1.82, 2.24) is 39.3 Å². The van der Waals surface area contributed by atoms with Gasteiger partial charge in [0, 0.05) is 134 Å². The van der Waals surface area contributed by atoms with E-state index >= 15 is 0 Å². The van der Waals surface area contributed by atoms with E-state index in [2.05, 4.69) is 102 Å². The van der Waals surface area contributed by atoms with Crippen molar-refractivity contribution in [2.45, 2.75) is 167 Å². The molecule has 0 spiro atoms. The van der Waals surface area contributed by atoms with Crippen molar-refractivity contribution in [3.63, 3.8) is 0 Å². The van der Waals surface area contributed by atoms with E-state index in [1.165, 1.54) is 71.5 Å². The zero-order chi connectivity index (χ0) is 97.2. The molecule has 0 bridgehead atoms.